The van der Waals surface area contributed by atoms with Crippen molar-refractivity contribution in [3.8, 4) is 0 Å². The monoisotopic (exact) mass is 491 g/mol. The van der Waals surface area contributed by atoms with Gasteiger partial charge in [-0.05, 0) is 62.1 Å². The van der Waals surface area contributed by atoms with Crippen LogP contribution in [0.3, 0.4) is 0 Å². The molecular weight excluding hydrogens is 466 g/mol. The van der Waals surface area contributed by atoms with Gasteiger partial charge < -0.3 is 15.5 Å². The summed E-state index contributed by atoms with van der Waals surface area (Å²) in [6, 6.07) is 16.9. The van der Waals surface area contributed by atoms with Gasteiger partial charge in [-0.1, -0.05) is 24.3 Å². The molecule has 2 amide bonds. The number of nitrogens with zero attached hydrogens (tertiary/aromatic N) is 1. The van der Waals surface area contributed by atoms with E-state index in [9.17, 15) is 22.8 Å². The van der Waals surface area contributed by atoms with Gasteiger partial charge in [0.1, 0.15) is 0 Å². The zero-order valence-corrected chi connectivity index (χ0v) is 20.2. The van der Waals surface area contributed by atoms with Gasteiger partial charge in [0.2, 0.25) is 15.7 Å². The van der Waals surface area contributed by atoms with Crippen LogP contribution in [0.2, 0.25) is 0 Å². The second kappa shape index (κ2) is 9.81. The number of ketones is 1. The lowest BCUT2D eigenvalue weighted by atomic mass is 10.0. The molecule has 1 aliphatic heterocycles. The van der Waals surface area contributed by atoms with Crippen LogP contribution in [0, 0.1) is 0 Å². The van der Waals surface area contributed by atoms with E-state index in [2.05, 4.69) is 10.6 Å². The number of sulfone groups is 1. The van der Waals surface area contributed by atoms with Crippen LogP contribution in [0.5, 0.6) is 0 Å². The Morgan fingerprint density at radius 1 is 0.886 bits per heavy atom. The van der Waals surface area contributed by atoms with Crippen molar-refractivity contribution in [2.24, 2.45) is 0 Å². The molecule has 4 rings (SSSR count). The number of rotatable bonds is 7. The first-order chi connectivity index (χ1) is 16.7. The van der Waals surface area contributed by atoms with Gasteiger partial charge in [0.15, 0.2) is 5.78 Å². The van der Waals surface area contributed by atoms with E-state index >= 15 is 0 Å². The van der Waals surface area contributed by atoms with Crippen molar-refractivity contribution in [2.75, 3.05) is 32.5 Å². The third-order valence-corrected chi connectivity index (χ3v) is 7.51. The van der Waals surface area contributed by atoms with Crippen LogP contribution in [0.15, 0.2) is 76.5 Å². The average Bonchev–Trinajstić information content (AvgIpc) is 2.83. The van der Waals surface area contributed by atoms with Gasteiger partial charge >= 0.3 is 0 Å². The van der Waals surface area contributed by atoms with Crippen molar-refractivity contribution >= 4 is 33.1 Å². The molecule has 0 atom stereocenters. The summed E-state index contributed by atoms with van der Waals surface area (Å²) in [6.45, 7) is 1.31. The number of fused-ring (bicyclic) bond motifs is 2. The zero-order chi connectivity index (χ0) is 25.2. The number of carbonyl (C=O) groups is 3. The van der Waals surface area contributed by atoms with E-state index in [1.54, 1.807) is 36.4 Å². The third-order valence-electron chi connectivity index (χ3n) is 5.66. The molecule has 0 saturated heterocycles. The molecule has 0 radical (unpaired) electrons. The summed E-state index contributed by atoms with van der Waals surface area (Å²) in [5.74, 6) is -0.989. The van der Waals surface area contributed by atoms with E-state index in [0.717, 1.165) is 12.1 Å². The van der Waals surface area contributed by atoms with Crippen LogP contribution in [0.25, 0.3) is 0 Å². The number of carbonyl (C=O) groups excluding carboxylic acids is 3. The average molecular weight is 492 g/mol. The Morgan fingerprint density at radius 2 is 1.57 bits per heavy atom. The summed E-state index contributed by atoms with van der Waals surface area (Å²) >= 11 is 0. The van der Waals surface area contributed by atoms with Crippen LogP contribution in [0.1, 0.15) is 31.8 Å². The fraction of sp³-hybridized carbons (Fsp3) is 0.192. The summed E-state index contributed by atoms with van der Waals surface area (Å²) in [5, 5.41) is 5.57. The maximum absolute atomic E-state index is 13.1. The minimum atomic E-state index is -3.93. The molecule has 9 heteroatoms. The molecule has 0 spiro atoms. The Bertz CT molecular complexity index is 1410. The zero-order valence-electron chi connectivity index (χ0n) is 19.4. The number of hydrogen-bond donors (Lipinski definition) is 2. The lowest BCUT2D eigenvalue weighted by Crippen LogP contribution is -2.32. The van der Waals surface area contributed by atoms with Gasteiger partial charge in [0.05, 0.1) is 16.2 Å². The Morgan fingerprint density at radius 3 is 2.29 bits per heavy atom. The van der Waals surface area contributed by atoms with Crippen LogP contribution < -0.4 is 10.6 Å². The van der Waals surface area contributed by atoms with Crippen molar-refractivity contribution in [1.29, 1.82) is 0 Å². The van der Waals surface area contributed by atoms with Gasteiger partial charge in [-0.15, -0.1) is 0 Å². The van der Waals surface area contributed by atoms with Crippen molar-refractivity contribution in [1.82, 2.24) is 10.2 Å². The van der Waals surface area contributed by atoms with Crippen LogP contribution in [-0.4, -0.2) is 58.1 Å². The maximum atomic E-state index is 13.1. The predicted molar refractivity (Wildman–Crippen MR) is 131 cm³/mol. The second-order valence-electron chi connectivity index (χ2n) is 8.52. The Balaban J connectivity index is 1.46. The fourth-order valence-corrected chi connectivity index (χ4v) is 5.48. The molecular formula is C26H25N3O5S. The molecule has 0 saturated carbocycles. The Labute approximate surface area is 203 Å². The molecule has 0 unspecified atom stereocenters. The van der Waals surface area contributed by atoms with Gasteiger partial charge in [-0.25, -0.2) is 8.42 Å². The molecule has 0 fully saturated rings. The summed E-state index contributed by atoms with van der Waals surface area (Å²) in [5.41, 5.74) is 1.58. The lowest BCUT2D eigenvalue weighted by molar-refractivity contribution is -0.120. The normalized spacial score (nSPS) is 13.6. The number of hydrogen-bond acceptors (Lipinski definition) is 6. The van der Waals surface area contributed by atoms with Crippen LogP contribution in [0.4, 0.5) is 5.69 Å². The van der Waals surface area contributed by atoms with E-state index in [1.165, 1.54) is 30.3 Å². The number of likely N-dealkylation sites (N-methyl/N-ethyl adjacent to an activating group) is 1. The summed E-state index contributed by atoms with van der Waals surface area (Å²) < 4.78 is 26.2. The van der Waals surface area contributed by atoms with E-state index < -0.39 is 21.5 Å². The highest BCUT2D eigenvalue weighted by Crippen LogP contribution is 2.34. The molecule has 3 aromatic rings. The van der Waals surface area contributed by atoms with Crippen molar-refractivity contribution in [2.45, 2.75) is 16.2 Å². The highest BCUT2D eigenvalue weighted by molar-refractivity contribution is 7.91. The fourth-order valence-electron chi connectivity index (χ4n) is 3.80. The minimum Gasteiger partial charge on any atom is -0.355 e. The van der Waals surface area contributed by atoms with Gasteiger partial charge in [-0.3, -0.25) is 14.4 Å². The first kappa shape index (κ1) is 24.3. The summed E-state index contributed by atoms with van der Waals surface area (Å²) in [6.07, 6.45) is 0.222. The highest BCUT2D eigenvalue weighted by atomic mass is 32.2. The predicted octanol–water partition coefficient (Wildman–Crippen LogP) is 2.54. The molecule has 0 aliphatic carbocycles. The first-order valence-corrected chi connectivity index (χ1v) is 12.5. The van der Waals surface area contributed by atoms with Crippen LogP contribution >= 0.6 is 0 Å². The Hall–Kier alpha value is -3.82. The summed E-state index contributed by atoms with van der Waals surface area (Å²) in [7, 11) is -0.0706. The maximum Gasteiger partial charge on any atom is 0.255 e. The minimum absolute atomic E-state index is 0.0495. The van der Waals surface area contributed by atoms with Crippen molar-refractivity contribution in [3.63, 3.8) is 0 Å². The number of nitrogens with one attached hydrogen (secondary N) is 2. The molecule has 0 bridgehead atoms. The molecule has 0 aromatic heterocycles. The molecule has 2 N–H and O–H groups in total. The van der Waals surface area contributed by atoms with Gasteiger partial charge in [0.25, 0.3) is 5.91 Å². The highest BCUT2D eigenvalue weighted by Gasteiger charge is 2.35. The van der Waals surface area contributed by atoms with E-state index in [-0.39, 0.29) is 38.8 Å². The number of amides is 2. The molecule has 1 heterocycles. The first-order valence-electron chi connectivity index (χ1n) is 11.0. The van der Waals surface area contributed by atoms with Gasteiger partial charge in [-0.2, -0.15) is 0 Å². The largest absolute Gasteiger partial charge is 0.355 e. The number of benzene rings is 3. The smallest absolute Gasteiger partial charge is 0.255 e. The lowest BCUT2D eigenvalue weighted by Gasteiger charge is -2.19. The number of anilines is 1. The standard InChI is InChI=1S/C26H25N3O5S/c1-29(2)14-13-27-24(30)15-17-7-10-19(11-8-17)28-26(32)18-9-12-21-23(16-18)35(33,34)22-6-4-3-5-20(22)25(21)31/h3-12,16H,13-15H2,1-2H3,(H,27,30)(H,28,32). The molecule has 8 nitrogen and oxygen atoms in total. The third kappa shape index (κ3) is 5.16. The SMILES string of the molecule is CN(C)CCNC(=O)Cc1ccc(NC(=O)c2ccc3c(c2)S(=O)(=O)c2ccccc2C3=O)cc1. The van der Waals surface area contributed by atoms with E-state index in [1.807, 2.05) is 19.0 Å². The second-order valence-corrected chi connectivity index (χ2v) is 10.4. The van der Waals surface area contributed by atoms with Crippen molar-refractivity contribution < 1.29 is 22.8 Å². The quantitative estimate of drug-likeness (QED) is 0.411. The topological polar surface area (TPSA) is 113 Å². The summed E-state index contributed by atoms with van der Waals surface area (Å²) in [4.78, 5) is 39.4. The van der Waals surface area contributed by atoms with Gasteiger partial charge in [0, 0.05) is 35.5 Å². The molecule has 3 aromatic carbocycles. The van der Waals surface area contributed by atoms with E-state index in [4.69, 9.17) is 0 Å². The van der Waals surface area contributed by atoms with Crippen molar-refractivity contribution in [3.05, 3.63) is 89.0 Å². The molecule has 180 valence electrons. The Kier molecular flexibility index (Phi) is 6.81. The van der Waals surface area contributed by atoms with Crippen LogP contribution in [-0.2, 0) is 21.1 Å². The van der Waals surface area contributed by atoms with E-state index in [0.29, 0.717) is 12.2 Å². The molecule has 35 heavy (non-hydrogen) atoms. The molecule has 1 aliphatic rings.